The number of carbonyl (C=O) groups is 1. The lowest BCUT2D eigenvalue weighted by Crippen LogP contribution is -2.42. The van der Waals surface area contributed by atoms with Crippen LogP contribution in [0.3, 0.4) is 0 Å². The predicted octanol–water partition coefficient (Wildman–Crippen LogP) is 5.24. The van der Waals surface area contributed by atoms with Gasteiger partial charge in [-0.05, 0) is 49.1 Å². The molecule has 25 heavy (non-hydrogen) atoms. The molecule has 0 radical (unpaired) electrons. The minimum atomic E-state index is -2.32. The second-order valence-electron chi connectivity index (χ2n) is 9.17. The quantitative estimate of drug-likeness (QED) is 0.672. The van der Waals surface area contributed by atoms with Crippen LogP contribution >= 0.6 is 15.9 Å². The van der Waals surface area contributed by atoms with Crippen molar-refractivity contribution in [1.82, 2.24) is 4.90 Å². The highest BCUT2D eigenvalue weighted by Crippen LogP contribution is 2.52. The lowest BCUT2D eigenvalue weighted by molar-refractivity contribution is -0.131. The SMILES string of the molecule is CC1(C)CC2CC(C)(CN2CC(=O)C(C)(F)c2ccc(Br)cc2F)C1. The molecule has 3 unspecified atom stereocenters. The Hall–Kier alpha value is -0.810. The molecular weight excluding hydrogens is 388 g/mol. The van der Waals surface area contributed by atoms with E-state index in [4.69, 9.17) is 0 Å². The van der Waals surface area contributed by atoms with Gasteiger partial charge in [0.05, 0.1) is 6.54 Å². The van der Waals surface area contributed by atoms with E-state index in [1.165, 1.54) is 19.1 Å². The first-order chi connectivity index (χ1) is 11.4. The van der Waals surface area contributed by atoms with Crippen molar-refractivity contribution >= 4 is 21.7 Å². The van der Waals surface area contributed by atoms with Crippen molar-refractivity contribution in [1.29, 1.82) is 0 Å². The first-order valence-corrected chi connectivity index (χ1v) is 9.63. The van der Waals surface area contributed by atoms with Crippen LogP contribution in [0, 0.1) is 16.6 Å². The van der Waals surface area contributed by atoms with Crippen LogP contribution in [0.15, 0.2) is 22.7 Å². The number of hydrogen-bond donors (Lipinski definition) is 0. The summed E-state index contributed by atoms with van der Waals surface area (Å²) in [6.07, 6.45) is 3.19. The van der Waals surface area contributed by atoms with Crippen molar-refractivity contribution in [3.63, 3.8) is 0 Å². The highest BCUT2D eigenvalue weighted by Gasteiger charge is 2.51. The number of Topliss-reactive ketones (excluding diaryl/α,β-unsaturated/α-hetero) is 1. The number of hydrogen-bond acceptors (Lipinski definition) is 2. The first kappa shape index (κ1) is 19.0. The number of halogens is 3. The average molecular weight is 414 g/mol. The number of rotatable bonds is 4. The normalized spacial score (nSPS) is 30.9. The van der Waals surface area contributed by atoms with Gasteiger partial charge in [-0.3, -0.25) is 9.69 Å². The minimum Gasteiger partial charge on any atom is -0.294 e. The molecule has 0 spiro atoms. The average Bonchev–Trinajstić information content (AvgIpc) is 2.66. The molecule has 5 heteroatoms. The van der Waals surface area contributed by atoms with Gasteiger partial charge in [-0.15, -0.1) is 0 Å². The highest BCUT2D eigenvalue weighted by atomic mass is 79.9. The molecule has 3 rings (SSSR count). The molecule has 2 bridgehead atoms. The van der Waals surface area contributed by atoms with Crippen molar-refractivity contribution in [2.75, 3.05) is 13.1 Å². The van der Waals surface area contributed by atoms with Crippen LogP contribution in [0.2, 0.25) is 0 Å². The number of nitrogens with zero attached hydrogens (tertiary/aromatic N) is 1. The molecule has 2 nitrogen and oxygen atoms in total. The third kappa shape index (κ3) is 3.68. The maximum Gasteiger partial charge on any atom is 0.195 e. The molecule has 0 N–H and O–H groups in total. The van der Waals surface area contributed by atoms with Gasteiger partial charge in [0.15, 0.2) is 11.5 Å². The first-order valence-electron chi connectivity index (χ1n) is 8.84. The predicted molar refractivity (Wildman–Crippen MR) is 98.7 cm³/mol. The Morgan fingerprint density at radius 1 is 1.36 bits per heavy atom. The fourth-order valence-electron chi connectivity index (χ4n) is 5.11. The molecule has 1 aliphatic heterocycles. The summed E-state index contributed by atoms with van der Waals surface area (Å²) in [6.45, 7) is 8.81. The van der Waals surface area contributed by atoms with E-state index >= 15 is 4.39 Å². The number of carbonyl (C=O) groups excluding carboxylic acids is 1. The Morgan fingerprint density at radius 2 is 2.04 bits per heavy atom. The van der Waals surface area contributed by atoms with Crippen molar-refractivity contribution < 1.29 is 13.6 Å². The molecule has 2 fully saturated rings. The molecule has 1 aromatic rings. The lowest BCUT2D eigenvalue weighted by atomic mass is 9.65. The van der Waals surface area contributed by atoms with Crippen LogP contribution in [0.1, 0.15) is 52.5 Å². The summed E-state index contributed by atoms with van der Waals surface area (Å²) >= 11 is 3.16. The van der Waals surface area contributed by atoms with Crippen LogP contribution in [0.25, 0.3) is 0 Å². The summed E-state index contributed by atoms with van der Waals surface area (Å²) in [5, 5.41) is 0. The van der Waals surface area contributed by atoms with E-state index < -0.39 is 17.3 Å². The fraction of sp³-hybridized carbons (Fsp3) is 0.650. The number of alkyl halides is 1. The maximum absolute atomic E-state index is 15.2. The van der Waals surface area contributed by atoms with E-state index in [1.54, 1.807) is 6.07 Å². The second kappa shape index (κ2) is 6.12. The zero-order chi connectivity index (χ0) is 18.6. The zero-order valence-electron chi connectivity index (χ0n) is 15.3. The van der Waals surface area contributed by atoms with Crippen molar-refractivity contribution in [2.45, 2.75) is 58.7 Å². The van der Waals surface area contributed by atoms with Crippen molar-refractivity contribution in [3.05, 3.63) is 34.1 Å². The third-order valence-electron chi connectivity index (χ3n) is 5.83. The molecule has 0 aromatic heterocycles. The molecule has 1 aromatic carbocycles. The molecule has 1 saturated heterocycles. The van der Waals surface area contributed by atoms with Gasteiger partial charge in [-0.1, -0.05) is 42.8 Å². The summed E-state index contributed by atoms with van der Waals surface area (Å²) in [6, 6.07) is 4.43. The summed E-state index contributed by atoms with van der Waals surface area (Å²) in [7, 11) is 0. The summed E-state index contributed by atoms with van der Waals surface area (Å²) in [4.78, 5) is 14.8. The molecule has 138 valence electrons. The maximum atomic E-state index is 15.2. The Kier molecular flexibility index (Phi) is 4.64. The number of benzene rings is 1. The van der Waals surface area contributed by atoms with Crippen LogP contribution < -0.4 is 0 Å². The molecule has 2 aliphatic rings. The Bertz CT molecular complexity index is 703. The summed E-state index contributed by atoms with van der Waals surface area (Å²) in [5.41, 5.74) is -2.08. The fourth-order valence-corrected chi connectivity index (χ4v) is 5.45. The monoisotopic (exact) mass is 413 g/mol. The number of ketones is 1. The topological polar surface area (TPSA) is 20.3 Å². The molecule has 3 atom stereocenters. The van der Waals surface area contributed by atoms with Crippen molar-refractivity contribution in [2.24, 2.45) is 10.8 Å². The van der Waals surface area contributed by atoms with Gasteiger partial charge in [0.1, 0.15) is 5.82 Å². The number of fused-ring (bicyclic) bond motifs is 2. The molecule has 0 amide bonds. The van der Waals surface area contributed by atoms with Gasteiger partial charge >= 0.3 is 0 Å². The van der Waals surface area contributed by atoms with Gasteiger partial charge < -0.3 is 0 Å². The zero-order valence-corrected chi connectivity index (χ0v) is 16.9. The van der Waals surface area contributed by atoms with Gasteiger partial charge in [0.2, 0.25) is 0 Å². The Labute approximate surface area is 157 Å². The third-order valence-corrected chi connectivity index (χ3v) is 6.32. The van der Waals surface area contributed by atoms with Gasteiger partial charge in [0, 0.05) is 22.6 Å². The smallest absolute Gasteiger partial charge is 0.195 e. The van der Waals surface area contributed by atoms with E-state index in [9.17, 15) is 9.18 Å². The largest absolute Gasteiger partial charge is 0.294 e. The second-order valence-corrected chi connectivity index (χ2v) is 10.1. The van der Waals surface area contributed by atoms with Crippen LogP contribution in [0.5, 0.6) is 0 Å². The molecule has 1 saturated carbocycles. The van der Waals surface area contributed by atoms with Crippen molar-refractivity contribution in [3.8, 4) is 0 Å². The van der Waals surface area contributed by atoms with E-state index in [2.05, 4.69) is 41.6 Å². The summed E-state index contributed by atoms with van der Waals surface area (Å²) in [5.74, 6) is -1.26. The van der Waals surface area contributed by atoms with E-state index in [1.807, 2.05) is 0 Å². The van der Waals surface area contributed by atoms with Crippen LogP contribution in [-0.2, 0) is 10.5 Å². The minimum absolute atomic E-state index is 0.0405. The molecule has 1 heterocycles. The van der Waals surface area contributed by atoms with E-state index in [-0.39, 0.29) is 22.9 Å². The Balaban J connectivity index is 1.78. The molecule has 1 aliphatic carbocycles. The van der Waals surface area contributed by atoms with E-state index in [0.29, 0.717) is 10.5 Å². The standard InChI is InChI=1S/C20H26BrF2NO/c1-18(2)8-14-9-19(3,11-18)12-24(14)10-17(25)20(4,23)15-6-5-13(21)7-16(15)22/h5-7,14H,8-12H2,1-4H3. The number of likely N-dealkylation sites (tertiary alicyclic amines) is 1. The summed E-state index contributed by atoms with van der Waals surface area (Å²) < 4.78 is 29.9. The van der Waals surface area contributed by atoms with Crippen LogP contribution in [0.4, 0.5) is 8.78 Å². The van der Waals surface area contributed by atoms with E-state index in [0.717, 1.165) is 25.8 Å². The van der Waals surface area contributed by atoms with Gasteiger partial charge in [-0.2, -0.15) is 0 Å². The lowest BCUT2D eigenvalue weighted by Gasteiger charge is -2.40. The Morgan fingerprint density at radius 3 is 2.68 bits per heavy atom. The molecular formula is C20H26BrF2NO. The van der Waals surface area contributed by atoms with Gasteiger partial charge in [-0.25, -0.2) is 8.78 Å². The van der Waals surface area contributed by atoms with Gasteiger partial charge in [0.25, 0.3) is 0 Å². The van der Waals surface area contributed by atoms with Crippen LogP contribution in [-0.4, -0.2) is 29.8 Å². The highest BCUT2D eigenvalue weighted by molar-refractivity contribution is 9.10.